The van der Waals surface area contributed by atoms with Gasteiger partial charge in [0.2, 0.25) is 0 Å². The molecule has 25 heavy (non-hydrogen) atoms. The van der Waals surface area contributed by atoms with E-state index in [0.29, 0.717) is 16.2 Å². The number of hydrogen-bond acceptors (Lipinski definition) is 6. The van der Waals surface area contributed by atoms with Gasteiger partial charge in [-0.05, 0) is 25.5 Å². The Hall–Kier alpha value is -2.73. The molecule has 0 aliphatic carbocycles. The van der Waals surface area contributed by atoms with Crippen LogP contribution in [0.4, 0.5) is 0 Å². The molecule has 0 saturated heterocycles. The molecule has 1 N–H and O–H groups in total. The van der Waals surface area contributed by atoms with Crippen molar-refractivity contribution in [3.8, 4) is 5.75 Å². The summed E-state index contributed by atoms with van der Waals surface area (Å²) in [4.78, 5) is 25.3. The van der Waals surface area contributed by atoms with Crippen LogP contribution in [-0.2, 0) is 0 Å². The van der Waals surface area contributed by atoms with E-state index in [9.17, 15) is 14.7 Å². The highest BCUT2D eigenvalue weighted by molar-refractivity contribution is 7.80. The molecule has 2 aromatic heterocycles. The summed E-state index contributed by atoms with van der Waals surface area (Å²) in [6.45, 7) is 3.20. The van der Waals surface area contributed by atoms with Crippen molar-refractivity contribution in [3.05, 3.63) is 91.5 Å². The number of rotatable bonds is 3. The Morgan fingerprint density at radius 1 is 0.920 bits per heavy atom. The second kappa shape index (κ2) is 6.64. The van der Waals surface area contributed by atoms with Crippen LogP contribution in [0.15, 0.2) is 65.8 Å². The minimum absolute atomic E-state index is 0.0248. The molecule has 0 radical (unpaired) electrons. The predicted molar refractivity (Wildman–Crippen MR) is 95.7 cm³/mol. The van der Waals surface area contributed by atoms with Crippen molar-refractivity contribution in [3.63, 3.8) is 0 Å². The van der Waals surface area contributed by atoms with Gasteiger partial charge in [-0.2, -0.15) is 0 Å². The molecule has 1 aromatic carbocycles. The summed E-state index contributed by atoms with van der Waals surface area (Å²) in [6.07, 6.45) is 0. The van der Waals surface area contributed by atoms with Crippen LogP contribution in [0.1, 0.15) is 34.1 Å². The van der Waals surface area contributed by atoms with E-state index in [1.54, 1.807) is 44.2 Å². The fourth-order valence-electron chi connectivity index (χ4n) is 2.87. The third-order valence-corrected chi connectivity index (χ3v) is 4.26. The molecular weight excluding hydrogens is 340 g/mol. The quantitative estimate of drug-likeness (QED) is 0.703. The van der Waals surface area contributed by atoms with Crippen LogP contribution in [0.3, 0.4) is 0 Å². The van der Waals surface area contributed by atoms with Gasteiger partial charge >= 0.3 is 11.3 Å². The third-order valence-electron chi connectivity index (χ3n) is 3.89. The molecule has 0 aliphatic heterocycles. The minimum atomic E-state index is -0.859. The zero-order valence-corrected chi connectivity index (χ0v) is 14.5. The first-order chi connectivity index (χ1) is 11.9. The Labute approximate surface area is 149 Å². The first kappa shape index (κ1) is 17.1. The first-order valence-corrected chi connectivity index (χ1v) is 8.05. The predicted octanol–water partition coefficient (Wildman–Crippen LogP) is 3.38. The van der Waals surface area contributed by atoms with Gasteiger partial charge in [-0.1, -0.05) is 30.3 Å². The highest BCUT2D eigenvalue weighted by atomic mass is 32.1. The molecule has 0 saturated carbocycles. The van der Waals surface area contributed by atoms with E-state index < -0.39 is 17.2 Å². The molecule has 0 spiro atoms. The lowest BCUT2D eigenvalue weighted by molar-refractivity contribution is 0.417. The van der Waals surface area contributed by atoms with Crippen LogP contribution in [-0.4, -0.2) is 5.11 Å². The number of aryl methyl sites for hydroxylation is 2. The summed E-state index contributed by atoms with van der Waals surface area (Å²) in [6, 6.07) is 11.8. The highest BCUT2D eigenvalue weighted by Gasteiger charge is 2.29. The second-order valence-corrected chi connectivity index (χ2v) is 6.21. The molecule has 0 amide bonds. The monoisotopic (exact) mass is 356 g/mol. The lowest BCUT2D eigenvalue weighted by atomic mass is 9.86. The Bertz CT molecular complexity index is 968. The first-order valence-electron chi connectivity index (χ1n) is 7.60. The summed E-state index contributed by atoms with van der Waals surface area (Å²) < 4.78 is 10.3. The van der Waals surface area contributed by atoms with Gasteiger partial charge in [-0.3, -0.25) is 0 Å². The Kier molecular flexibility index (Phi) is 4.55. The lowest BCUT2D eigenvalue weighted by Crippen LogP contribution is -2.22. The maximum absolute atomic E-state index is 12.5. The van der Waals surface area contributed by atoms with Crippen molar-refractivity contribution < 1.29 is 13.9 Å². The summed E-state index contributed by atoms with van der Waals surface area (Å²) in [5.74, 6) is -0.413. The highest BCUT2D eigenvalue weighted by Crippen LogP contribution is 2.36. The van der Waals surface area contributed by atoms with E-state index in [1.165, 1.54) is 6.07 Å². The molecule has 2 heterocycles. The van der Waals surface area contributed by atoms with Gasteiger partial charge in [0, 0.05) is 11.0 Å². The third kappa shape index (κ3) is 3.25. The molecule has 5 nitrogen and oxygen atoms in total. The zero-order chi connectivity index (χ0) is 18.1. The average Bonchev–Trinajstić information content (AvgIpc) is 2.52. The topological polar surface area (TPSA) is 80.7 Å². The Morgan fingerprint density at radius 2 is 1.48 bits per heavy atom. The number of thiol groups is 1. The lowest BCUT2D eigenvalue weighted by Gasteiger charge is -2.19. The van der Waals surface area contributed by atoms with Crippen molar-refractivity contribution in [2.45, 2.75) is 24.7 Å². The van der Waals surface area contributed by atoms with Gasteiger partial charge in [0.25, 0.3) is 0 Å². The summed E-state index contributed by atoms with van der Waals surface area (Å²) in [7, 11) is 0. The zero-order valence-electron chi connectivity index (χ0n) is 13.6. The molecule has 1 atom stereocenters. The van der Waals surface area contributed by atoms with Crippen molar-refractivity contribution in [1.82, 2.24) is 0 Å². The molecule has 0 aliphatic rings. The molecule has 6 heteroatoms. The van der Waals surface area contributed by atoms with Gasteiger partial charge in [-0.25, -0.2) is 9.59 Å². The molecule has 0 bridgehead atoms. The van der Waals surface area contributed by atoms with Gasteiger partial charge in [0.05, 0.1) is 17.0 Å². The molecular formula is C19H16O5S. The summed E-state index contributed by atoms with van der Waals surface area (Å²) in [5.41, 5.74) is -0.535. The van der Waals surface area contributed by atoms with E-state index in [1.807, 2.05) is 6.07 Å². The molecule has 128 valence electrons. The number of hydrogen-bond donors (Lipinski definition) is 2. The second-order valence-electron chi connectivity index (χ2n) is 5.73. The average molecular weight is 356 g/mol. The number of benzene rings is 1. The van der Waals surface area contributed by atoms with E-state index >= 15 is 0 Å². The van der Waals surface area contributed by atoms with Crippen LogP contribution in [0.5, 0.6) is 5.75 Å². The normalized spacial score (nSPS) is 12.1. The fraction of sp³-hybridized carbons (Fsp3) is 0.158. The van der Waals surface area contributed by atoms with Crippen molar-refractivity contribution in [2.24, 2.45) is 0 Å². The molecule has 3 aromatic rings. The van der Waals surface area contributed by atoms with Gasteiger partial charge in [0.1, 0.15) is 17.3 Å². The van der Waals surface area contributed by atoms with E-state index in [-0.39, 0.29) is 22.6 Å². The fourth-order valence-corrected chi connectivity index (χ4v) is 3.27. The maximum atomic E-state index is 12.5. The van der Waals surface area contributed by atoms with E-state index in [2.05, 4.69) is 12.6 Å². The van der Waals surface area contributed by atoms with Crippen LogP contribution < -0.4 is 11.3 Å². The molecule has 3 rings (SSSR count). The van der Waals surface area contributed by atoms with Gasteiger partial charge in [-0.15, -0.1) is 12.6 Å². The molecule has 0 fully saturated rings. The minimum Gasteiger partial charge on any atom is -0.507 e. The summed E-state index contributed by atoms with van der Waals surface area (Å²) >= 11 is 4.39. The Balaban J connectivity index is 2.38. The smallest absolute Gasteiger partial charge is 0.343 e. The van der Waals surface area contributed by atoms with Crippen LogP contribution in [0.25, 0.3) is 0 Å². The van der Waals surface area contributed by atoms with E-state index in [0.717, 1.165) is 0 Å². The van der Waals surface area contributed by atoms with Crippen molar-refractivity contribution >= 4 is 12.6 Å². The molecule has 1 unspecified atom stereocenters. The summed E-state index contributed by atoms with van der Waals surface area (Å²) in [5, 5.41) is 10.4. The van der Waals surface area contributed by atoms with Crippen molar-refractivity contribution in [2.75, 3.05) is 0 Å². The maximum Gasteiger partial charge on any atom is 0.343 e. The van der Waals surface area contributed by atoms with Crippen LogP contribution in [0.2, 0.25) is 0 Å². The Morgan fingerprint density at radius 3 is 2.04 bits per heavy atom. The van der Waals surface area contributed by atoms with Gasteiger partial charge in [0.15, 0.2) is 0 Å². The SMILES string of the molecule is Cc1cc(O)c(C(c2ccccc2)c2c(S)cc(C)oc2=O)c(=O)o1. The largest absolute Gasteiger partial charge is 0.507 e. The van der Waals surface area contributed by atoms with E-state index in [4.69, 9.17) is 8.83 Å². The van der Waals surface area contributed by atoms with Crippen LogP contribution >= 0.6 is 12.6 Å². The number of aromatic hydroxyl groups is 1. The van der Waals surface area contributed by atoms with Crippen LogP contribution in [0, 0.1) is 13.8 Å². The van der Waals surface area contributed by atoms with Crippen molar-refractivity contribution in [1.29, 1.82) is 0 Å². The standard InChI is InChI=1S/C19H16O5S/c1-10-8-13(20)16(18(21)23-10)15(12-6-4-3-5-7-12)17-14(25)9-11(2)24-19(17)22/h3-9,15,20,25H,1-2H3. The van der Waals surface area contributed by atoms with Gasteiger partial charge < -0.3 is 13.9 Å².